The van der Waals surface area contributed by atoms with Gasteiger partial charge in [-0.3, -0.25) is 0 Å². The fourth-order valence-corrected chi connectivity index (χ4v) is 2.40. The highest BCUT2D eigenvalue weighted by Gasteiger charge is 2.05. The van der Waals surface area contributed by atoms with Gasteiger partial charge in [0.2, 0.25) is 0 Å². The van der Waals surface area contributed by atoms with Gasteiger partial charge in [0.1, 0.15) is 11.6 Å². The van der Waals surface area contributed by atoms with Crippen LogP contribution in [-0.4, -0.2) is 16.7 Å². The molecule has 0 unspecified atom stereocenters. The van der Waals surface area contributed by atoms with Gasteiger partial charge in [0.15, 0.2) is 0 Å². The summed E-state index contributed by atoms with van der Waals surface area (Å²) in [6, 6.07) is 16.0. The second-order valence-electron chi connectivity index (χ2n) is 5.24. The number of nitrogens with two attached hydrogens (primary N) is 1. The molecule has 0 aliphatic heterocycles. The first-order chi connectivity index (χ1) is 10.7. The molecule has 2 N–H and O–H groups in total. The van der Waals surface area contributed by atoms with Crippen molar-refractivity contribution in [1.82, 2.24) is 9.55 Å². The van der Waals surface area contributed by atoms with Crippen LogP contribution in [0.5, 0.6) is 5.75 Å². The van der Waals surface area contributed by atoms with Crippen molar-refractivity contribution in [2.24, 2.45) is 0 Å². The summed E-state index contributed by atoms with van der Waals surface area (Å²) in [7, 11) is 1.67. The number of nitrogen functional groups attached to an aromatic ring is 1. The molecular weight excluding hydrogens is 274 g/mol. The molecule has 0 aliphatic carbocycles. The van der Waals surface area contributed by atoms with E-state index in [1.165, 1.54) is 11.1 Å². The maximum absolute atomic E-state index is 5.73. The van der Waals surface area contributed by atoms with E-state index in [0.717, 1.165) is 30.2 Å². The molecule has 0 radical (unpaired) electrons. The predicted octanol–water partition coefficient (Wildman–Crippen LogP) is 3.11. The Morgan fingerprint density at radius 3 is 2.36 bits per heavy atom. The molecule has 0 saturated carbocycles. The highest BCUT2D eigenvalue weighted by molar-refractivity contribution is 5.39. The molecule has 0 bridgehead atoms. The lowest BCUT2D eigenvalue weighted by Gasteiger charge is -2.09. The lowest BCUT2D eigenvalue weighted by Crippen LogP contribution is -2.05. The number of aromatic nitrogens is 2. The number of methoxy groups -OCH3 is 1. The van der Waals surface area contributed by atoms with E-state index >= 15 is 0 Å². The third-order valence-electron chi connectivity index (χ3n) is 3.66. The molecule has 3 aromatic rings. The van der Waals surface area contributed by atoms with E-state index < -0.39 is 0 Å². The highest BCUT2D eigenvalue weighted by Crippen LogP contribution is 2.15. The summed E-state index contributed by atoms with van der Waals surface area (Å²) in [5.74, 6) is 1.91. The number of nitrogens with zero attached hydrogens (tertiary/aromatic N) is 2. The molecule has 112 valence electrons. The van der Waals surface area contributed by atoms with Crippen LogP contribution in [0.2, 0.25) is 0 Å². The van der Waals surface area contributed by atoms with Crippen LogP contribution in [0.3, 0.4) is 0 Å². The molecular formula is C18H19N3O. The van der Waals surface area contributed by atoms with Crippen molar-refractivity contribution >= 4 is 5.69 Å². The molecule has 2 aromatic carbocycles. The SMILES string of the molecule is COc1ccc(Cc2nccn2Cc2ccc(N)cc2)cc1. The van der Waals surface area contributed by atoms with E-state index in [0.29, 0.717) is 0 Å². The lowest BCUT2D eigenvalue weighted by molar-refractivity contribution is 0.414. The molecule has 0 atom stereocenters. The van der Waals surface area contributed by atoms with E-state index in [2.05, 4.69) is 21.7 Å². The smallest absolute Gasteiger partial charge is 0.118 e. The van der Waals surface area contributed by atoms with Crippen LogP contribution in [0.1, 0.15) is 17.0 Å². The van der Waals surface area contributed by atoms with E-state index in [1.54, 1.807) is 7.11 Å². The second kappa shape index (κ2) is 6.35. The second-order valence-corrected chi connectivity index (χ2v) is 5.24. The van der Waals surface area contributed by atoms with E-state index in [1.807, 2.05) is 48.8 Å². The molecule has 0 saturated heterocycles. The Bertz CT molecular complexity index is 730. The zero-order chi connectivity index (χ0) is 15.4. The van der Waals surface area contributed by atoms with Gasteiger partial charge in [0.05, 0.1) is 7.11 Å². The van der Waals surface area contributed by atoms with Crippen LogP contribution in [0.4, 0.5) is 5.69 Å². The summed E-state index contributed by atoms with van der Waals surface area (Å²) in [5.41, 5.74) is 8.94. The normalized spacial score (nSPS) is 10.6. The van der Waals surface area contributed by atoms with Gasteiger partial charge in [-0.1, -0.05) is 24.3 Å². The third-order valence-corrected chi connectivity index (χ3v) is 3.66. The van der Waals surface area contributed by atoms with Crippen molar-refractivity contribution in [2.75, 3.05) is 12.8 Å². The summed E-state index contributed by atoms with van der Waals surface area (Å²) < 4.78 is 7.35. The Labute approximate surface area is 130 Å². The first-order valence-electron chi connectivity index (χ1n) is 7.22. The van der Waals surface area contributed by atoms with Crippen molar-refractivity contribution in [3.05, 3.63) is 77.9 Å². The molecule has 0 spiro atoms. The molecule has 4 heteroatoms. The highest BCUT2D eigenvalue weighted by atomic mass is 16.5. The molecule has 0 aliphatic rings. The van der Waals surface area contributed by atoms with Gasteiger partial charge in [-0.2, -0.15) is 0 Å². The van der Waals surface area contributed by atoms with Crippen molar-refractivity contribution in [2.45, 2.75) is 13.0 Å². The fraction of sp³-hybridized carbons (Fsp3) is 0.167. The molecule has 1 heterocycles. The molecule has 3 rings (SSSR count). The van der Waals surface area contributed by atoms with Crippen LogP contribution >= 0.6 is 0 Å². The van der Waals surface area contributed by atoms with Crippen LogP contribution in [0, 0.1) is 0 Å². The van der Waals surface area contributed by atoms with Gasteiger partial charge in [0, 0.05) is 31.0 Å². The van der Waals surface area contributed by atoms with Crippen LogP contribution in [0.25, 0.3) is 0 Å². The zero-order valence-electron chi connectivity index (χ0n) is 12.6. The molecule has 0 fully saturated rings. The van der Waals surface area contributed by atoms with Crippen LogP contribution in [0.15, 0.2) is 60.9 Å². The van der Waals surface area contributed by atoms with E-state index in [-0.39, 0.29) is 0 Å². The minimum atomic E-state index is 0.785. The van der Waals surface area contributed by atoms with Crippen molar-refractivity contribution in [3.8, 4) is 5.75 Å². The third kappa shape index (κ3) is 3.28. The molecule has 1 aromatic heterocycles. The Balaban J connectivity index is 1.75. The average Bonchev–Trinajstić information content (AvgIpc) is 2.97. The Morgan fingerprint density at radius 2 is 1.68 bits per heavy atom. The molecule has 22 heavy (non-hydrogen) atoms. The largest absolute Gasteiger partial charge is 0.497 e. The molecule has 4 nitrogen and oxygen atoms in total. The number of hydrogen-bond acceptors (Lipinski definition) is 3. The van der Waals surface area contributed by atoms with Gasteiger partial charge < -0.3 is 15.0 Å². The van der Waals surface area contributed by atoms with Gasteiger partial charge in [0.25, 0.3) is 0 Å². The maximum Gasteiger partial charge on any atom is 0.118 e. The van der Waals surface area contributed by atoms with Crippen molar-refractivity contribution < 1.29 is 4.74 Å². The average molecular weight is 293 g/mol. The standard InChI is InChI=1S/C18H19N3O/c1-22-17-8-4-14(5-9-17)12-18-20-10-11-21(18)13-15-2-6-16(19)7-3-15/h2-11H,12-13,19H2,1H3. The quantitative estimate of drug-likeness (QED) is 0.735. The number of benzene rings is 2. The minimum Gasteiger partial charge on any atom is -0.497 e. The number of rotatable bonds is 5. The summed E-state index contributed by atoms with van der Waals surface area (Å²) >= 11 is 0. The maximum atomic E-state index is 5.73. The van der Waals surface area contributed by atoms with Gasteiger partial charge >= 0.3 is 0 Å². The van der Waals surface area contributed by atoms with Gasteiger partial charge in [-0.25, -0.2) is 4.98 Å². The summed E-state index contributed by atoms with van der Waals surface area (Å²) in [6.07, 6.45) is 4.65. The number of hydrogen-bond donors (Lipinski definition) is 1. The zero-order valence-corrected chi connectivity index (χ0v) is 12.6. The minimum absolute atomic E-state index is 0.785. The van der Waals surface area contributed by atoms with Crippen LogP contribution < -0.4 is 10.5 Å². The molecule has 0 amide bonds. The fourth-order valence-electron chi connectivity index (χ4n) is 2.40. The monoisotopic (exact) mass is 293 g/mol. The van der Waals surface area contributed by atoms with E-state index in [9.17, 15) is 0 Å². The number of imidazole rings is 1. The van der Waals surface area contributed by atoms with Gasteiger partial charge in [-0.05, 0) is 35.4 Å². The topological polar surface area (TPSA) is 53.1 Å². The van der Waals surface area contributed by atoms with Crippen LogP contribution in [-0.2, 0) is 13.0 Å². The van der Waals surface area contributed by atoms with Crippen molar-refractivity contribution in [3.63, 3.8) is 0 Å². The Hall–Kier alpha value is -2.75. The first kappa shape index (κ1) is 14.2. The Kier molecular flexibility index (Phi) is 4.10. The van der Waals surface area contributed by atoms with Gasteiger partial charge in [-0.15, -0.1) is 0 Å². The number of ether oxygens (including phenoxy) is 1. The predicted molar refractivity (Wildman–Crippen MR) is 88.0 cm³/mol. The summed E-state index contributed by atoms with van der Waals surface area (Å²) in [4.78, 5) is 4.47. The lowest BCUT2D eigenvalue weighted by atomic mass is 10.1. The first-order valence-corrected chi connectivity index (χ1v) is 7.22. The summed E-state index contributed by atoms with van der Waals surface area (Å²) in [5, 5.41) is 0. The Morgan fingerprint density at radius 1 is 1.00 bits per heavy atom. The van der Waals surface area contributed by atoms with E-state index in [4.69, 9.17) is 10.5 Å². The summed E-state index contributed by atoms with van der Waals surface area (Å²) in [6.45, 7) is 0.797. The van der Waals surface area contributed by atoms with Crippen molar-refractivity contribution in [1.29, 1.82) is 0 Å². The number of anilines is 1.